The standard InChI is InChI=1S/C11H14O2S/c1-14-10-4-2-3-9(12)8(10)7-11(13)5-6-11/h2-4,12-13H,5-7H2,1H3. The Morgan fingerprint density at radius 1 is 1.43 bits per heavy atom. The summed E-state index contributed by atoms with van der Waals surface area (Å²) >= 11 is 1.61. The van der Waals surface area contributed by atoms with Crippen molar-refractivity contribution in [1.82, 2.24) is 0 Å². The predicted molar refractivity (Wildman–Crippen MR) is 57.8 cm³/mol. The number of hydrogen-bond acceptors (Lipinski definition) is 3. The zero-order valence-corrected chi connectivity index (χ0v) is 8.97. The molecule has 0 aliphatic heterocycles. The minimum Gasteiger partial charge on any atom is -0.508 e. The maximum atomic E-state index is 9.81. The zero-order valence-electron chi connectivity index (χ0n) is 8.16. The summed E-state index contributed by atoms with van der Waals surface area (Å²) in [5.41, 5.74) is 0.351. The van der Waals surface area contributed by atoms with Crippen LogP contribution in [0.15, 0.2) is 23.1 Å². The second kappa shape index (κ2) is 3.48. The molecule has 1 aliphatic carbocycles. The van der Waals surface area contributed by atoms with Gasteiger partial charge >= 0.3 is 0 Å². The molecule has 0 spiro atoms. The van der Waals surface area contributed by atoms with E-state index in [1.165, 1.54) is 0 Å². The fourth-order valence-corrected chi connectivity index (χ4v) is 2.21. The molecule has 0 heterocycles. The Kier molecular flexibility index (Phi) is 2.45. The fraction of sp³-hybridized carbons (Fsp3) is 0.455. The number of thioether (sulfide) groups is 1. The highest BCUT2D eigenvalue weighted by Gasteiger charge is 2.41. The zero-order chi connectivity index (χ0) is 10.2. The molecule has 0 unspecified atom stereocenters. The molecule has 1 aromatic carbocycles. The maximum Gasteiger partial charge on any atom is 0.119 e. The van der Waals surface area contributed by atoms with E-state index in [1.54, 1.807) is 17.8 Å². The first-order valence-corrected chi connectivity index (χ1v) is 5.94. The van der Waals surface area contributed by atoms with Gasteiger partial charge in [0.1, 0.15) is 5.75 Å². The van der Waals surface area contributed by atoms with Crippen LogP contribution in [0.25, 0.3) is 0 Å². The fourth-order valence-electron chi connectivity index (χ4n) is 1.57. The number of rotatable bonds is 3. The third kappa shape index (κ3) is 1.88. The Morgan fingerprint density at radius 3 is 2.71 bits per heavy atom. The molecule has 0 saturated heterocycles. The lowest BCUT2D eigenvalue weighted by Gasteiger charge is -2.12. The molecule has 1 aromatic rings. The minimum atomic E-state index is -0.538. The molecule has 76 valence electrons. The van der Waals surface area contributed by atoms with E-state index in [2.05, 4.69) is 0 Å². The van der Waals surface area contributed by atoms with Crippen molar-refractivity contribution in [2.45, 2.75) is 29.8 Å². The molecule has 1 saturated carbocycles. The van der Waals surface area contributed by atoms with E-state index >= 15 is 0 Å². The van der Waals surface area contributed by atoms with Gasteiger partial charge in [0.25, 0.3) is 0 Å². The summed E-state index contributed by atoms with van der Waals surface area (Å²) in [6.45, 7) is 0. The van der Waals surface area contributed by atoms with Gasteiger partial charge in [0.2, 0.25) is 0 Å². The number of aliphatic hydroxyl groups is 1. The first-order chi connectivity index (χ1) is 6.64. The molecule has 0 atom stereocenters. The third-order valence-electron chi connectivity index (χ3n) is 2.66. The maximum absolute atomic E-state index is 9.81. The lowest BCUT2D eigenvalue weighted by molar-refractivity contribution is 0.149. The van der Waals surface area contributed by atoms with Gasteiger partial charge in [-0.1, -0.05) is 6.07 Å². The van der Waals surface area contributed by atoms with E-state index in [0.29, 0.717) is 12.2 Å². The van der Waals surface area contributed by atoms with Crippen LogP contribution in [-0.4, -0.2) is 22.1 Å². The van der Waals surface area contributed by atoms with Crippen LogP contribution in [0.5, 0.6) is 5.75 Å². The highest BCUT2D eigenvalue weighted by atomic mass is 32.2. The number of aromatic hydroxyl groups is 1. The van der Waals surface area contributed by atoms with Gasteiger partial charge in [-0.15, -0.1) is 11.8 Å². The molecule has 1 aliphatic rings. The summed E-state index contributed by atoms with van der Waals surface area (Å²) < 4.78 is 0. The summed E-state index contributed by atoms with van der Waals surface area (Å²) in [4.78, 5) is 1.06. The van der Waals surface area contributed by atoms with Crippen LogP contribution in [0.4, 0.5) is 0 Å². The molecular formula is C11H14O2S. The van der Waals surface area contributed by atoms with Crippen molar-refractivity contribution in [3.05, 3.63) is 23.8 Å². The normalized spacial score (nSPS) is 18.1. The Bertz CT molecular complexity index is 345. The Labute approximate surface area is 88.0 Å². The van der Waals surface area contributed by atoms with Gasteiger partial charge in [-0.05, 0) is 31.2 Å². The third-order valence-corrected chi connectivity index (χ3v) is 3.48. The van der Waals surface area contributed by atoms with Gasteiger partial charge in [0.15, 0.2) is 0 Å². The molecule has 2 rings (SSSR count). The first kappa shape index (κ1) is 9.87. The van der Waals surface area contributed by atoms with E-state index in [1.807, 2.05) is 18.4 Å². The lowest BCUT2D eigenvalue weighted by atomic mass is 10.1. The second-order valence-electron chi connectivity index (χ2n) is 3.86. The average molecular weight is 210 g/mol. The number of phenols is 1. The first-order valence-electron chi connectivity index (χ1n) is 4.72. The molecule has 0 radical (unpaired) electrons. The van der Waals surface area contributed by atoms with E-state index in [4.69, 9.17) is 0 Å². The number of phenolic OH excluding ortho intramolecular Hbond substituents is 1. The Hall–Kier alpha value is -0.670. The molecule has 2 N–H and O–H groups in total. The largest absolute Gasteiger partial charge is 0.508 e. The summed E-state index contributed by atoms with van der Waals surface area (Å²) in [7, 11) is 0. The van der Waals surface area contributed by atoms with Gasteiger partial charge in [-0.2, -0.15) is 0 Å². The van der Waals surface area contributed by atoms with Gasteiger partial charge in [-0.25, -0.2) is 0 Å². The average Bonchev–Trinajstić information content (AvgIpc) is 2.88. The summed E-state index contributed by atoms with van der Waals surface area (Å²) in [5.74, 6) is 0.303. The second-order valence-corrected chi connectivity index (χ2v) is 4.71. The summed E-state index contributed by atoms with van der Waals surface area (Å²) in [6.07, 6.45) is 4.27. The lowest BCUT2D eigenvalue weighted by Crippen LogP contribution is -2.11. The highest BCUT2D eigenvalue weighted by molar-refractivity contribution is 7.98. The van der Waals surface area contributed by atoms with Crippen LogP contribution in [-0.2, 0) is 6.42 Å². The van der Waals surface area contributed by atoms with E-state index < -0.39 is 5.60 Å². The van der Waals surface area contributed by atoms with Crippen LogP contribution in [0.3, 0.4) is 0 Å². The molecule has 0 amide bonds. The van der Waals surface area contributed by atoms with E-state index in [0.717, 1.165) is 23.3 Å². The van der Waals surface area contributed by atoms with Crippen molar-refractivity contribution in [1.29, 1.82) is 0 Å². The summed E-state index contributed by atoms with van der Waals surface area (Å²) in [5, 5.41) is 19.5. The van der Waals surface area contributed by atoms with Crippen LogP contribution >= 0.6 is 11.8 Å². The van der Waals surface area contributed by atoms with Crippen LogP contribution in [0.1, 0.15) is 18.4 Å². The molecule has 0 bridgehead atoms. The van der Waals surface area contributed by atoms with Crippen molar-refractivity contribution in [3.63, 3.8) is 0 Å². The molecule has 0 aromatic heterocycles. The van der Waals surface area contributed by atoms with Crippen molar-refractivity contribution in [3.8, 4) is 5.75 Å². The van der Waals surface area contributed by atoms with Gasteiger partial charge < -0.3 is 10.2 Å². The van der Waals surface area contributed by atoms with E-state index in [9.17, 15) is 10.2 Å². The monoisotopic (exact) mass is 210 g/mol. The Balaban J connectivity index is 2.29. The van der Waals surface area contributed by atoms with Crippen LogP contribution in [0.2, 0.25) is 0 Å². The van der Waals surface area contributed by atoms with Crippen molar-refractivity contribution < 1.29 is 10.2 Å². The predicted octanol–water partition coefficient (Wildman–Crippen LogP) is 2.18. The molecule has 1 fully saturated rings. The smallest absolute Gasteiger partial charge is 0.119 e. The van der Waals surface area contributed by atoms with Gasteiger partial charge in [0, 0.05) is 16.9 Å². The minimum absolute atomic E-state index is 0.303. The Morgan fingerprint density at radius 2 is 2.14 bits per heavy atom. The molecular weight excluding hydrogens is 196 g/mol. The number of benzene rings is 1. The van der Waals surface area contributed by atoms with E-state index in [-0.39, 0.29) is 0 Å². The van der Waals surface area contributed by atoms with Crippen LogP contribution in [0, 0.1) is 0 Å². The molecule has 14 heavy (non-hydrogen) atoms. The molecule has 3 heteroatoms. The quantitative estimate of drug-likeness (QED) is 0.751. The topological polar surface area (TPSA) is 40.5 Å². The number of hydrogen-bond donors (Lipinski definition) is 2. The van der Waals surface area contributed by atoms with Crippen molar-refractivity contribution >= 4 is 11.8 Å². The van der Waals surface area contributed by atoms with Gasteiger partial charge in [-0.3, -0.25) is 0 Å². The van der Waals surface area contributed by atoms with Crippen LogP contribution < -0.4 is 0 Å². The van der Waals surface area contributed by atoms with Gasteiger partial charge in [0.05, 0.1) is 5.60 Å². The highest BCUT2D eigenvalue weighted by Crippen LogP contribution is 2.42. The molecule has 2 nitrogen and oxygen atoms in total. The van der Waals surface area contributed by atoms with Crippen molar-refractivity contribution in [2.24, 2.45) is 0 Å². The summed E-state index contributed by atoms with van der Waals surface area (Å²) in [6, 6.07) is 5.49. The SMILES string of the molecule is CSc1cccc(O)c1CC1(O)CC1. The van der Waals surface area contributed by atoms with Crippen molar-refractivity contribution in [2.75, 3.05) is 6.26 Å².